The first-order valence-corrected chi connectivity index (χ1v) is 16.7. The molecule has 2 atom stereocenters. The summed E-state index contributed by atoms with van der Waals surface area (Å²) in [4.78, 5) is 19.1. The number of hydrogen-bond acceptors (Lipinski definition) is 6. The summed E-state index contributed by atoms with van der Waals surface area (Å²) in [5, 5.41) is 18.1. The molecule has 2 unspecified atom stereocenters. The number of sulfonamides is 1. The van der Waals surface area contributed by atoms with Crippen LogP contribution < -0.4 is 5.14 Å². The Morgan fingerprint density at radius 1 is 1.07 bits per heavy atom. The van der Waals surface area contributed by atoms with E-state index in [2.05, 4.69) is 19.1 Å². The minimum Gasteiger partial charge on any atom is -0.512 e. The van der Waals surface area contributed by atoms with Crippen molar-refractivity contribution < 1.29 is 23.1 Å². The Hall–Kier alpha value is -3.75. The number of rotatable bonds is 10. The fourth-order valence-electron chi connectivity index (χ4n) is 6.83. The Bertz CT molecular complexity index is 1760. The molecule has 3 aromatic rings. The molecule has 0 bridgehead atoms. The number of aliphatic hydroxyl groups is 1. The van der Waals surface area contributed by atoms with Crippen LogP contribution >= 0.6 is 0 Å². The first-order chi connectivity index (χ1) is 20.6. The third-order valence-corrected chi connectivity index (χ3v) is 9.99. The Morgan fingerprint density at radius 2 is 1.86 bits per heavy atom. The molecule has 8 heteroatoms. The number of aryl methyl sites for hydroxylation is 1. The van der Waals surface area contributed by atoms with Crippen LogP contribution in [0.4, 0.5) is 0 Å². The largest absolute Gasteiger partial charge is 0.512 e. The van der Waals surface area contributed by atoms with Crippen molar-refractivity contribution in [3.63, 3.8) is 0 Å². The highest BCUT2D eigenvalue weighted by molar-refractivity contribution is 7.89. The van der Waals surface area contributed by atoms with Gasteiger partial charge >= 0.3 is 5.97 Å². The molecule has 1 aromatic heterocycles. The summed E-state index contributed by atoms with van der Waals surface area (Å²) < 4.78 is 31.5. The summed E-state index contributed by atoms with van der Waals surface area (Å²) in [6, 6.07) is 17.0. The van der Waals surface area contributed by atoms with Gasteiger partial charge in [-0.25, -0.2) is 23.3 Å². The van der Waals surface area contributed by atoms with E-state index < -0.39 is 27.0 Å². The molecule has 2 aliphatic carbocycles. The maximum absolute atomic E-state index is 14.2. The molecule has 0 radical (unpaired) electrons. The number of primary sulfonamides is 1. The van der Waals surface area contributed by atoms with Crippen molar-refractivity contribution in [2.75, 3.05) is 0 Å². The smallest absolute Gasteiger partial charge is 0.339 e. The van der Waals surface area contributed by atoms with Crippen LogP contribution in [0.5, 0.6) is 0 Å². The quantitative estimate of drug-likeness (QED) is 0.257. The average molecular weight is 599 g/mol. The molecule has 43 heavy (non-hydrogen) atoms. The summed E-state index contributed by atoms with van der Waals surface area (Å²) in [5.74, 6) is -0.0448. The molecule has 224 valence electrons. The lowest BCUT2D eigenvalue weighted by atomic mass is 9.68. The fourth-order valence-corrected chi connectivity index (χ4v) is 7.53. The predicted octanol–water partition coefficient (Wildman–Crippen LogP) is 6.52. The maximum atomic E-state index is 14.2. The standard InChI is InChI=1S/C35H38N2O5S/c1-2-17-34(20-16-24-10-5-3-6-11-24)23-28(38)30(33(39)42-34)35(18-7-4-8-19-35)32-27(21-25-14-15-25)22-26-12-9-13-29(31(26)37-32)43(36,40)41/h3-13,18,22,25,38H,2,14-17,19-21,23H2,1H3,(H2,36,40,41). The van der Waals surface area contributed by atoms with Gasteiger partial charge in [0.1, 0.15) is 16.3 Å². The topological polar surface area (TPSA) is 120 Å². The fraction of sp³-hybridized carbons (Fsp3) is 0.371. The van der Waals surface area contributed by atoms with Crippen molar-refractivity contribution in [1.82, 2.24) is 4.98 Å². The van der Waals surface area contributed by atoms with Gasteiger partial charge in [0, 0.05) is 11.8 Å². The number of esters is 1. The average Bonchev–Trinajstić information content (AvgIpc) is 3.80. The molecule has 2 heterocycles. The van der Waals surface area contributed by atoms with Crippen LogP contribution in [0.2, 0.25) is 0 Å². The summed E-state index contributed by atoms with van der Waals surface area (Å²) in [6.45, 7) is 2.05. The lowest BCUT2D eigenvalue weighted by Gasteiger charge is -2.42. The van der Waals surface area contributed by atoms with Crippen LogP contribution in [-0.4, -0.2) is 30.1 Å². The van der Waals surface area contributed by atoms with Crippen molar-refractivity contribution in [2.45, 2.75) is 80.6 Å². The number of nitrogens with two attached hydrogens (primary N) is 1. The van der Waals surface area contributed by atoms with E-state index in [1.165, 1.54) is 6.07 Å². The number of pyridine rings is 1. The Labute approximate surface area is 253 Å². The number of carbonyl (C=O) groups excluding carboxylic acids is 1. The Kier molecular flexibility index (Phi) is 7.77. The van der Waals surface area contributed by atoms with Gasteiger partial charge in [0.2, 0.25) is 10.0 Å². The van der Waals surface area contributed by atoms with Crippen LogP contribution in [0, 0.1) is 5.92 Å². The number of ether oxygens (including phenoxy) is 1. The first-order valence-electron chi connectivity index (χ1n) is 15.1. The molecule has 1 fully saturated rings. The van der Waals surface area contributed by atoms with Crippen molar-refractivity contribution in [1.29, 1.82) is 0 Å². The molecule has 0 saturated heterocycles. The number of carbonyl (C=O) groups is 1. The number of allylic oxidation sites excluding steroid dienone is 4. The molecule has 3 N–H and O–H groups in total. The molecular formula is C35H38N2O5S. The van der Waals surface area contributed by atoms with Gasteiger partial charge in [0.25, 0.3) is 0 Å². The predicted molar refractivity (Wildman–Crippen MR) is 167 cm³/mol. The lowest BCUT2D eigenvalue weighted by Crippen LogP contribution is -2.45. The second-order valence-electron chi connectivity index (χ2n) is 12.3. The van der Waals surface area contributed by atoms with E-state index in [9.17, 15) is 18.3 Å². The number of aliphatic hydroxyl groups excluding tert-OH is 1. The zero-order valence-electron chi connectivity index (χ0n) is 24.5. The van der Waals surface area contributed by atoms with Gasteiger partial charge < -0.3 is 9.84 Å². The highest BCUT2D eigenvalue weighted by atomic mass is 32.2. The number of cyclic esters (lactones) is 1. The maximum Gasteiger partial charge on any atom is 0.339 e. The van der Waals surface area contributed by atoms with Crippen molar-refractivity contribution >= 4 is 26.9 Å². The SMILES string of the molecule is CCCC1(CCc2ccccc2)CC(O)=C(C2(c3nc4c(S(N)(=O)=O)cccc4cc3CC3CC3)C=CC=CC2)C(=O)O1. The van der Waals surface area contributed by atoms with E-state index in [4.69, 9.17) is 14.9 Å². The number of hydrogen-bond donors (Lipinski definition) is 2. The second kappa shape index (κ2) is 11.4. The van der Waals surface area contributed by atoms with Crippen LogP contribution in [-0.2, 0) is 37.8 Å². The van der Waals surface area contributed by atoms with E-state index >= 15 is 0 Å². The molecule has 7 nitrogen and oxygen atoms in total. The molecular weight excluding hydrogens is 560 g/mol. The van der Waals surface area contributed by atoms with Gasteiger partial charge in [0.05, 0.1) is 22.2 Å². The number of nitrogens with zero attached hydrogens (tertiary/aromatic N) is 1. The lowest BCUT2D eigenvalue weighted by molar-refractivity contribution is -0.161. The van der Waals surface area contributed by atoms with E-state index in [0.29, 0.717) is 36.3 Å². The molecule has 1 aliphatic heterocycles. The Morgan fingerprint density at radius 3 is 2.51 bits per heavy atom. The third kappa shape index (κ3) is 5.78. The minimum atomic E-state index is -4.07. The van der Waals surface area contributed by atoms with E-state index in [0.717, 1.165) is 43.2 Å². The van der Waals surface area contributed by atoms with Crippen molar-refractivity contribution in [3.05, 3.63) is 107 Å². The van der Waals surface area contributed by atoms with E-state index in [1.54, 1.807) is 6.07 Å². The number of fused-ring (bicyclic) bond motifs is 1. The number of benzene rings is 2. The van der Waals surface area contributed by atoms with Crippen LogP contribution in [0.25, 0.3) is 10.9 Å². The van der Waals surface area contributed by atoms with E-state index in [1.807, 2.05) is 54.6 Å². The Balaban J connectivity index is 1.50. The summed E-state index contributed by atoms with van der Waals surface area (Å²) in [7, 11) is -4.07. The van der Waals surface area contributed by atoms with Crippen LogP contribution in [0.15, 0.2) is 95.1 Å². The molecule has 3 aliphatic rings. The van der Waals surface area contributed by atoms with Gasteiger partial charge in [-0.15, -0.1) is 0 Å². The third-order valence-electron chi connectivity index (χ3n) is 9.05. The van der Waals surface area contributed by atoms with Crippen LogP contribution in [0.1, 0.15) is 68.7 Å². The molecule has 6 rings (SSSR count). The second-order valence-corrected chi connectivity index (χ2v) is 13.8. The zero-order chi connectivity index (χ0) is 30.2. The summed E-state index contributed by atoms with van der Waals surface area (Å²) >= 11 is 0. The minimum absolute atomic E-state index is 0.0108. The van der Waals surface area contributed by atoms with Gasteiger partial charge in [0.15, 0.2) is 0 Å². The summed E-state index contributed by atoms with van der Waals surface area (Å²) in [5.41, 5.74) is 1.14. The van der Waals surface area contributed by atoms with Gasteiger partial charge in [-0.2, -0.15) is 0 Å². The zero-order valence-corrected chi connectivity index (χ0v) is 25.3. The molecule has 0 amide bonds. The van der Waals surface area contributed by atoms with Gasteiger partial charge in [-0.05, 0) is 74.1 Å². The highest BCUT2D eigenvalue weighted by Crippen LogP contribution is 2.49. The van der Waals surface area contributed by atoms with Gasteiger partial charge in [-0.1, -0.05) is 80.1 Å². The van der Waals surface area contributed by atoms with Crippen LogP contribution in [0.3, 0.4) is 0 Å². The molecule has 1 saturated carbocycles. The van der Waals surface area contributed by atoms with E-state index in [-0.39, 0.29) is 28.2 Å². The monoisotopic (exact) mass is 598 g/mol. The molecule has 0 spiro atoms. The highest BCUT2D eigenvalue weighted by Gasteiger charge is 2.50. The normalized spacial score (nSPS) is 24.0. The number of aromatic nitrogens is 1. The van der Waals surface area contributed by atoms with Crippen molar-refractivity contribution in [2.24, 2.45) is 11.1 Å². The van der Waals surface area contributed by atoms with Crippen molar-refractivity contribution in [3.8, 4) is 0 Å². The number of para-hydroxylation sites is 1. The first kappa shape index (κ1) is 29.3. The summed E-state index contributed by atoms with van der Waals surface area (Å²) in [6.07, 6.45) is 13.9. The molecule has 2 aromatic carbocycles. The van der Waals surface area contributed by atoms with Gasteiger partial charge in [-0.3, -0.25) is 0 Å².